The lowest BCUT2D eigenvalue weighted by Gasteiger charge is -2.14. The molecule has 0 aliphatic rings. The van der Waals surface area contributed by atoms with Crippen molar-refractivity contribution in [3.8, 4) is 0 Å². The summed E-state index contributed by atoms with van der Waals surface area (Å²) in [6.07, 6.45) is 2.26. The first kappa shape index (κ1) is 14.6. The molecule has 92 valence electrons. The first-order chi connectivity index (χ1) is 7.38. The molecular weight excluding hydrogens is 210 g/mol. The SMILES string of the molecule is COC(=O)CC(C)C(CC=C(C)C)[N+](=O)[O-]. The van der Waals surface area contributed by atoms with Crippen LogP contribution in [0.2, 0.25) is 0 Å². The number of nitrogens with zero attached hydrogens (tertiary/aromatic N) is 1. The molecular formula is C11H19NO4. The topological polar surface area (TPSA) is 69.4 Å². The van der Waals surface area contributed by atoms with E-state index in [1.54, 1.807) is 6.92 Å². The molecule has 0 radical (unpaired) electrons. The average Bonchev–Trinajstić information content (AvgIpc) is 2.16. The smallest absolute Gasteiger partial charge is 0.306 e. The molecule has 0 rings (SSSR count). The van der Waals surface area contributed by atoms with E-state index < -0.39 is 12.0 Å². The second kappa shape index (κ2) is 6.98. The van der Waals surface area contributed by atoms with Crippen LogP contribution < -0.4 is 0 Å². The molecule has 0 spiro atoms. The zero-order valence-electron chi connectivity index (χ0n) is 10.2. The van der Waals surface area contributed by atoms with E-state index in [1.807, 2.05) is 19.9 Å². The van der Waals surface area contributed by atoms with Crippen LogP contribution >= 0.6 is 0 Å². The van der Waals surface area contributed by atoms with Crippen molar-refractivity contribution < 1.29 is 14.5 Å². The van der Waals surface area contributed by atoms with Gasteiger partial charge in [0, 0.05) is 17.3 Å². The Balaban J connectivity index is 4.47. The first-order valence-electron chi connectivity index (χ1n) is 5.22. The van der Waals surface area contributed by atoms with Gasteiger partial charge in [-0.1, -0.05) is 18.6 Å². The molecule has 0 heterocycles. The van der Waals surface area contributed by atoms with Crippen LogP contribution in [0.15, 0.2) is 11.6 Å². The molecule has 0 aromatic heterocycles. The highest BCUT2D eigenvalue weighted by atomic mass is 16.6. The molecule has 5 nitrogen and oxygen atoms in total. The fraction of sp³-hybridized carbons (Fsp3) is 0.727. The van der Waals surface area contributed by atoms with Crippen LogP contribution in [0, 0.1) is 16.0 Å². The van der Waals surface area contributed by atoms with Crippen molar-refractivity contribution in [2.24, 2.45) is 5.92 Å². The fourth-order valence-corrected chi connectivity index (χ4v) is 1.36. The zero-order valence-corrected chi connectivity index (χ0v) is 10.2. The minimum atomic E-state index is -0.728. The van der Waals surface area contributed by atoms with E-state index in [0.29, 0.717) is 6.42 Å². The largest absolute Gasteiger partial charge is 0.469 e. The molecule has 0 aliphatic carbocycles. The lowest BCUT2D eigenvalue weighted by Crippen LogP contribution is -2.28. The van der Waals surface area contributed by atoms with Gasteiger partial charge in [0.2, 0.25) is 6.04 Å². The van der Waals surface area contributed by atoms with Crippen LogP contribution in [0.5, 0.6) is 0 Å². The van der Waals surface area contributed by atoms with E-state index in [-0.39, 0.29) is 17.3 Å². The fourth-order valence-electron chi connectivity index (χ4n) is 1.36. The Kier molecular flexibility index (Phi) is 6.37. The van der Waals surface area contributed by atoms with Crippen LogP contribution in [-0.4, -0.2) is 24.0 Å². The number of hydrogen-bond donors (Lipinski definition) is 0. The molecule has 0 N–H and O–H groups in total. The van der Waals surface area contributed by atoms with Gasteiger partial charge in [0.05, 0.1) is 13.5 Å². The van der Waals surface area contributed by atoms with Crippen LogP contribution in [0.1, 0.15) is 33.6 Å². The molecule has 0 fully saturated rings. The second-order valence-corrected chi connectivity index (χ2v) is 4.13. The number of ether oxygens (including phenoxy) is 1. The van der Waals surface area contributed by atoms with Gasteiger partial charge in [-0.15, -0.1) is 0 Å². The monoisotopic (exact) mass is 229 g/mol. The lowest BCUT2D eigenvalue weighted by atomic mass is 9.95. The number of carbonyl (C=O) groups excluding carboxylic acids is 1. The van der Waals surface area contributed by atoms with E-state index in [4.69, 9.17) is 0 Å². The molecule has 2 atom stereocenters. The average molecular weight is 229 g/mol. The highest BCUT2D eigenvalue weighted by Crippen LogP contribution is 2.16. The summed E-state index contributed by atoms with van der Waals surface area (Å²) in [5.74, 6) is -0.727. The van der Waals surface area contributed by atoms with E-state index >= 15 is 0 Å². The molecule has 0 bridgehead atoms. The van der Waals surface area contributed by atoms with Crippen LogP contribution in [0.3, 0.4) is 0 Å². The Bertz CT molecular complexity index is 282. The first-order valence-corrected chi connectivity index (χ1v) is 5.22. The van der Waals surface area contributed by atoms with Crippen molar-refractivity contribution in [3.05, 3.63) is 21.8 Å². The summed E-state index contributed by atoms with van der Waals surface area (Å²) >= 11 is 0. The molecule has 5 heteroatoms. The summed E-state index contributed by atoms with van der Waals surface area (Å²) in [6.45, 7) is 5.48. The summed E-state index contributed by atoms with van der Waals surface area (Å²) in [6, 6.07) is -0.728. The Hall–Kier alpha value is -1.39. The van der Waals surface area contributed by atoms with Crippen molar-refractivity contribution >= 4 is 5.97 Å². The number of rotatable bonds is 6. The normalized spacial score (nSPS) is 13.8. The van der Waals surface area contributed by atoms with Crippen molar-refractivity contribution in [3.63, 3.8) is 0 Å². The predicted molar refractivity (Wildman–Crippen MR) is 60.6 cm³/mol. The van der Waals surface area contributed by atoms with Crippen molar-refractivity contribution in [1.29, 1.82) is 0 Å². The Morgan fingerprint density at radius 2 is 2.06 bits per heavy atom. The molecule has 0 aromatic carbocycles. The van der Waals surface area contributed by atoms with E-state index in [1.165, 1.54) is 7.11 Å². The van der Waals surface area contributed by atoms with Crippen LogP contribution in [0.4, 0.5) is 0 Å². The number of methoxy groups -OCH3 is 1. The van der Waals surface area contributed by atoms with Gasteiger partial charge >= 0.3 is 5.97 Å². The summed E-state index contributed by atoms with van der Waals surface area (Å²) in [7, 11) is 1.28. The van der Waals surface area contributed by atoms with Gasteiger partial charge in [-0.2, -0.15) is 0 Å². The number of allylic oxidation sites excluding steroid dienone is 1. The Morgan fingerprint density at radius 3 is 2.44 bits per heavy atom. The molecule has 2 unspecified atom stereocenters. The summed E-state index contributed by atoms with van der Waals surface area (Å²) in [5.41, 5.74) is 1.04. The minimum Gasteiger partial charge on any atom is -0.469 e. The van der Waals surface area contributed by atoms with Gasteiger partial charge in [0.25, 0.3) is 0 Å². The molecule has 0 amide bonds. The third-order valence-corrected chi connectivity index (χ3v) is 2.41. The maximum Gasteiger partial charge on any atom is 0.306 e. The van der Waals surface area contributed by atoms with E-state index in [2.05, 4.69) is 4.74 Å². The summed E-state index contributed by atoms with van der Waals surface area (Å²) in [4.78, 5) is 21.5. The maximum atomic E-state index is 11.0. The summed E-state index contributed by atoms with van der Waals surface area (Å²) in [5, 5.41) is 10.8. The third-order valence-electron chi connectivity index (χ3n) is 2.41. The third kappa shape index (κ3) is 5.48. The molecule has 0 saturated heterocycles. The van der Waals surface area contributed by atoms with E-state index in [0.717, 1.165) is 5.57 Å². The van der Waals surface area contributed by atoms with E-state index in [9.17, 15) is 14.9 Å². The highest BCUT2D eigenvalue weighted by molar-refractivity contribution is 5.69. The summed E-state index contributed by atoms with van der Waals surface area (Å²) < 4.78 is 4.50. The number of nitro groups is 1. The van der Waals surface area contributed by atoms with Crippen molar-refractivity contribution in [2.45, 2.75) is 39.7 Å². The quantitative estimate of drug-likeness (QED) is 0.303. The van der Waals surface area contributed by atoms with Crippen molar-refractivity contribution in [1.82, 2.24) is 0 Å². The second-order valence-electron chi connectivity index (χ2n) is 4.13. The molecule has 0 aliphatic heterocycles. The van der Waals surface area contributed by atoms with Gasteiger partial charge in [-0.05, 0) is 13.8 Å². The molecule has 16 heavy (non-hydrogen) atoms. The maximum absolute atomic E-state index is 11.0. The number of esters is 1. The minimum absolute atomic E-state index is 0.0821. The standard InChI is InChI=1S/C11H19NO4/c1-8(2)5-6-10(12(14)15)9(3)7-11(13)16-4/h5,9-10H,6-7H2,1-4H3. The lowest BCUT2D eigenvalue weighted by molar-refractivity contribution is -0.530. The predicted octanol–water partition coefficient (Wildman–Crippen LogP) is 2.19. The van der Waals surface area contributed by atoms with Gasteiger partial charge in [0.1, 0.15) is 0 Å². The van der Waals surface area contributed by atoms with Crippen LogP contribution in [-0.2, 0) is 9.53 Å². The van der Waals surface area contributed by atoms with Crippen molar-refractivity contribution in [2.75, 3.05) is 7.11 Å². The highest BCUT2D eigenvalue weighted by Gasteiger charge is 2.28. The zero-order chi connectivity index (χ0) is 12.7. The molecule has 0 saturated carbocycles. The van der Waals surface area contributed by atoms with Gasteiger partial charge < -0.3 is 4.74 Å². The number of carbonyl (C=O) groups is 1. The Labute approximate surface area is 95.6 Å². The molecule has 0 aromatic rings. The van der Waals surface area contributed by atoms with Gasteiger partial charge in [-0.3, -0.25) is 14.9 Å². The van der Waals surface area contributed by atoms with Gasteiger partial charge in [-0.25, -0.2) is 0 Å². The van der Waals surface area contributed by atoms with Crippen LogP contribution in [0.25, 0.3) is 0 Å². The van der Waals surface area contributed by atoms with Gasteiger partial charge in [0.15, 0.2) is 0 Å². The number of hydrogen-bond acceptors (Lipinski definition) is 4. The Morgan fingerprint density at radius 1 is 1.50 bits per heavy atom.